The molecule has 1 aliphatic carbocycles. The zero-order valence-electron chi connectivity index (χ0n) is 12.7. The molecule has 0 radical (unpaired) electrons. The smallest absolute Gasteiger partial charge is 0.224 e. The van der Waals surface area contributed by atoms with Gasteiger partial charge in [-0.2, -0.15) is 4.98 Å². The molecule has 0 saturated heterocycles. The molecular weight excluding hydrogens is 316 g/mol. The maximum absolute atomic E-state index is 4.59. The topological polar surface area (TPSA) is 49.8 Å². The van der Waals surface area contributed by atoms with Gasteiger partial charge in [-0.15, -0.1) is 0 Å². The van der Waals surface area contributed by atoms with Gasteiger partial charge in [-0.3, -0.25) is 0 Å². The monoisotopic (exact) mass is 340 g/mol. The molecule has 2 N–H and O–H groups in total. The summed E-state index contributed by atoms with van der Waals surface area (Å²) in [6.07, 6.45) is 8.00. The van der Waals surface area contributed by atoms with Crippen LogP contribution < -0.4 is 10.6 Å². The second-order valence-corrected chi connectivity index (χ2v) is 7.10. The van der Waals surface area contributed by atoms with Gasteiger partial charge in [-0.05, 0) is 40.6 Å². The molecule has 2 rings (SSSR count). The minimum atomic E-state index is 0.319. The van der Waals surface area contributed by atoms with E-state index in [0.717, 1.165) is 23.3 Å². The van der Waals surface area contributed by atoms with Crippen LogP contribution in [-0.4, -0.2) is 22.6 Å². The van der Waals surface area contributed by atoms with Gasteiger partial charge >= 0.3 is 0 Å². The highest BCUT2D eigenvalue weighted by atomic mass is 79.9. The van der Waals surface area contributed by atoms with E-state index in [4.69, 9.17) is 0 Å². The third-order valence-electron chi connectivity index (χ3n) is 4.10. The molecule has 1 saturated carbocycles. The fourth-order valence-electron chi connectivity index (χ4n) is 2.72. The summed E-state index contributed by atoms with van der Waals surface area (Å²) in [5, 5.41) is 6.86. The zero-order chi connectivity index (χ0) is 14.6. The predicted molar refractivity (Wildman–Crippen MR) is 88.2 cm³/mol. The molecule has 1 atom stereocenters. The number of halogens is 1. The summed E-state index contributed by atoms with van der Waals surface area (Å²) in [6, 6.07) is 0.474. The van der Waals surface area contributed by atoms with Crippen molar-refractivity contribution >= 4 is 27.7 Å². The molecule has 4 nitrogen and oxygen atoms in total. The third-order valence-corrected chi connectivity index (χ3v) is 4.68. The van der Waals surface area contributed by atoms with Gasteiger partial charge in [0, 0.05) is 18.8 Å². The Morgan fingerprint density at radius 2 is 2.20 bits per heavy atom. The Balaban J connectivity index is 2.11. The van der Waals surface area contributed by atoms with E-state index in [0.29, 0.717) is 17.4 Å². The van der Waals surface area contributed by atoms with E-state index in [1.165, 1.54) is 25.7 Å². The first kappa shape index (κ1) is 15.5. The van der Waals surface area contributed by atoms with Gasteiger partial charge in [0.1, 0.15) is 5.82 Å². The highest BCUT2D eigenvalue weighted by molar-refractivity contribution is 9.10. The second kappa shape index (κ2) is 6.74. The Morgan fingerprint density at radius 3 is 2.90 bits per heavy atom. The van der Waals surface area contributed by atoms with E-state index in [1.54, 1.807) is 0 Å². The van der Waals surface area contributed by atoms with E-state index >= 15 is 0 Å². The van der Waals surface area contributed by atoms with E-state index < -0.39 is 0 Å². The molecule has 0 aliphatic heterocycles. The average Bonchev–Trinajstić information content (AvgIpc) is 2.41. The van der Waals surface area contributed by atoms with Crippen LogP contribution in [0.2, 0.25) is 0 Å². The maximum atomic E-state index is 4.59. The van der Waals surface area contributed by atoms with Gasteiger partial charge in [0.15, 0.2) is 0 Å². The molecule has 0 bridgehead atoms. The lowest BCUT2D eigenvalue weighted by Gasteiger charge is -2.39. The highest BCUT2D eigenvalue weighted by Gasteiger charge is 2.32. The lowest BCUT2D eigenvalue weighted by Crippen LogP contribution is -2.39. The van der Waals surface area contributed by atoms with Crippen LogP contribution in [-0.2, 0) is 0 Å². The van der Waals surface area contributed by atoms with E-state index in [1.807, 2.05) is 6.20 Å². The van der Waals surface area contributed by atoms with Gasteiger partial charge in [0.2, 0.25) is 5.95 Å². The minimum absolute atomic E-state index is 0.319. The number of anilines is 2. The van der Waals surface area contributed by atoms with E-state index in [9.17, 15) is 0 Å². The molecule has 1 unspecified atom stereocenters. The molecule has 0 spiro atoms. The molecule has 0 amide bonds. The zero-order valence-corrected chi connectivity index (χ0v) is 14.3. The predicted octanol–water partition coefficient (Wildman–Crippen LogP) is 4.44. The van der Waals surface area contributed by atoms with Crippen molar-refractivity contribution in [3.63, 3.8) is 0 Å². The summed E-state index contributed by atoms with van der Waals surface area (Å²) in [6.45, 7) is 7.72. The SMILES string of the molecule is CCCNc1ncc(Br)c(NC2CCCCC2(C)C)n1. The summed E-state index contributed by atoms with van der Waals surface area (Å²) in [5.41, 5.74) is 0.319. The van der Waals surface area contributed by atoms with E-state index in [-0.39, 0.29) is 0 Å². The summed E-state index contributed by atoms with van der Waals surface area (Å²) in [7, 11) is 0. The van der Waals surface area contributed by atoms with Gasteiger partial charge in [0.25, 0.3) is 0 Å². The van der Waals surface area contributed by atoms with Gasteiger partial charge in [0.05, 0.1) is 4.47 Å². The van der Waals surface area contributed by atoms with Crippen LogP contribution in [0.3, 0.4) is 0 Å². The lowest BCUT2D eigenvalue weighted by atomic mass is 9.73. The number of aromatic nitrogens is 2. The van der Waals surface area contributed by atoms with Crippen LogP contribution in [0.25, 0.3) is 0 Å². The molecule has 1 fully saturated rings. The number of hydrogen-bond acceptors (Lipinski definition) is 4. The first-order chi connectivity index (χ1) is 9.53. The van der Waals surface area contributed by atoms with Crippen molar-refractivity contribution in [2.75, 3.05) is 17.2 Å². The van der Waals surface area contributed by atoms with Crippen molar-refractivity contribution in [3.05, 3.63) is 10.7 Å². The number of hydrogen-bond donors (Lipinski definition) is 2. The average molecular weight is 341 g/mol. The van der Waals surface area contributed by atoms with Crippen LogP contribution in [0, 0.1) is 5.41 Å². The molecule has 112 valence electrons. The first-order valence-corrected chi connectivity index (χ1v) is 8.35. The fraction of sp³-hybridized carbons (Fsp3) is 0.733. The van der Waals surface area contributed by atoms with E-state index in [2.05, 4.69) is 57.3 Å². The van der Waals surface area contributed by atoms with Gasteiger partial charge < -0.3 is 10.6 Å². The molecule has 1 aromatic rings. The fourth-order valence-corrected chi connectivity index (χ4v) is 3.02. The van der Waals surface area contributed by atoms with Crippen molar-refractivity contribution in [2.24, 2.45) is 5.41 Å². The van der Waals surface area contributed by atoms with Crippen LogP contribution in [0.1, 0.15) is 52.9 Å². The molecule has 1 aliphatic rings. The minimum Gasteiger partial charge on any atom is -0.366 e. The summed E-state index contributed by atoms with van der Waals surface area (Å²) < 4.78 is 0.931. The number of nitrogens with one attached hydrogen (secondary N) is 2. The van der Waals surface area contributed by atoms with Crippen molar-refractivity contribution in [2.45, 2.75) is 58.9 Å². The van der Waals surface area contributed by atoms with Crippen LogP contribution in [0.4, 0.5) is 11.8 Å². The maximum Gasteiger partial charge on any atom is 0.224 e. The summed E-state index contributed by atoms with van der Waals surface area (Å²) in [4.78, 5) is 8.89. The van der Waals surface area contributed by atoms with Gasteiger partial charge in [-0.25, -0.2) is 4.98 Å². The molecule has 1 aromatic heterocycles. The Hall–Kier alpha value is -0.840. The van der Waals surface area contributed by atoms with Gasteiger partial charge in [-0.1, -0.05) is 33.6 Å². The standard InChI is InChI=1S/C15H25BrN4/c1-4-9-17-14-18-10-11(16)13(20-14)19-12-7-5-6-8-15(12,2)3/h10,12H,4-9H2,1-3H3,(H2,17,18,19,20). The number of rotatable bonds is 5. The normalized spacial score (nSPS) is 21.5. The van der Waals surface area contributed by atoms with Crippen molar-refractivity contribution in [1.29, 1.82) is 0 Å². The quantitative estimate of drug-likeness (QED) is 0.831. The molecule has 5 heteroatoms. The molecule has 1 heterocycles. The van der Waals surface area contributed by atoms with Crippen LogP contribution in [0.5, 0.6) is 0 Å². The Labute approximate surface area is 130 Å². The molecular formula is C15H25BrN4. The Kier molecular flexibility index (Phi) is 5.24. The van der Waals surface area contributed by atoms with Crippen molar-refractivity contribution < 1.29 is 0 Å². The van der Waals surface area contributed by atoms with Crippen molar-refractivity contribution in [3.8, 4) is 0 Å². The summed E-state index contributed by atoms with van der Waals surface area (Å²) >= 11 is 3.55. The Morgan fingerprint density at radius 1 is 1.40 bits per heavy atom. The summed E-state index contributed by atoms with van der Waals surface area (Å²) in [5.74, 6) is 1.60. The van der Waals surface area contributed by atoms with Crippen LogP contribution in [0.15, 0.2) is 10.7 Å². The van der Waals surface area contributed by atoms with Crippen molar-refractivity contribution in [1.82, 2.24) is 9.97 Å². The van der Waals surface area contributed by atoms with Crippen LogP contribution >= 0.6 is 15.9 Å². The Bertz CT molecular complexity index is 447. The molecule has 0 aromatic carbocycles. The number of nitrogens with zero attached hydrogens (tertiary/aromatic N) is 2. The second-order valence-electron chi connectivity index (χ2n) is 6.25. The lowest BCUT2D eigenvalue weighted by molar-refractivity contribution is 0.216. The first-order valence-electron chi connectivity index (χ1n) is 7.56. The highest BCUT2D eigenvalue weighted by Crippen LogP contribution is 2.37. The third kappa shape index (κ3) is 3.84. The largest absolute Gasteiger partial charge is 0.366 e. The molecule has 20 heavy (non-hydrogen) atoms.